The van der Waals surface area contributed by atoms with Crippen LogP contribution in [0.25, 0.3) is 0 Å². The maximum absolute atomic E-state index is 9.10. The third-order valence-corrected chi connectivity index (χ3v) is 4.36. The van der Waals surface area contributed by atoms with E-state index in [0.29, 0.717) is 0 Å². The minimum Gasteiger partial charge on any atom is -0.473 e. The van der Waals surface area contributed by atoms with Crippen molar-refractivity contribution in [3.8, 4) is 0 Å². The van der Waals surface area contributed by atoms with E-state index in [1.807, 2.05) is 0 Å². The molecule has 0 bridgehead atoms. The van der Waals surface area contributed by atoms with Gasteiger partial charge < -0.3 is 15.1 Å². The fourth-order valence-electron chi connectivity index (χ4n) is 2.99. The predicted molar refractivity (Wildman–Crippen MR) is 109 cm³/mol. The number of piperidine rings is 1. The Labute approximate surface area is 165 Å². The normalized spacial score (nSPS) is 13.9. The third kappa shape index (κ3) is 7.38. The summed E-state index contributed by atoms with van der Waals surface area (Å²) in [6, 6.07) is 21.0. The summed E-state index contributed by atoms with van der Waals surface area (Å²) in [6.07, 6.45) is 4.09. The van der Waals surface area contributed by atoms with Crippen molar-refractivity contribution in [2.24, 2.45) is 0 Å². The predicted octanol–water partition coefficient (Wildman–Crippen LogP) is 2.97. The van der Waals surface area contributed by atoms with Gasteiger partial charge in [0.1, 0.15) is 0 Å². The largest absolute Gasteiger partial charge is 0.473 e. The summed E-state index contributed by atoms with van der Waals surface area (Å²) < 4.78 is 0. The molecule has 2 aromatic rings. The first-order valence-electron chi connectivity index (χ1n) is 9.40. The number of carbonyl (C=O) groups is 2. The quantitative estimate of drug-likeness (QED) is 0.520. The zero-order valence-corrected chi connectivity index (χ0v) is 15.8. The van der Waals surface area contributed by atoms with Crippen LogP contribution in [-0.2, 0) is 9.59 Å². The lowest BCUT2D eigenvalue weighted by molar-refractivity contribution is -0.159. The Bertz CT molecular complexity index is 667. The van der Waals surface area contributed by atoms with E-state index in [1.54, 1.807) is 0 Å². The molecule has 0 radical (unpaired) electrons. The number of carboxylic acids is 2. The summed E-state index contributed by atoms with van der Waals surface area (Å²) in [5, 5.41) is 17.0. The molecule has 0 aliphatic carbocycles. The number of hydrazine groups is 1. The van der Waals surface area contributed by atoms with Gasteiger partial charge in [0.25, 0.3) is 0 Å². The third-order valence-electron chi connectivity index (χ3n) is 4.36. The van der Waals surface area contributed by atoms with Gasteiger partial charge in [0.05, 0.1) is 11.4 Å². The van der Waals surface area contributed by atoms with Crippen molar-refractivity contribution in [2.75, 3.05) is 31.2 Å². The fraction of sp³-hybridized carbons (Fsp3) is 0.333. The van der Waals surface area contributed by atoms with Crippen LogP contribution in [0.15, 0.2) is 60.7 Å². The van der Waals surface area contributed by atoms with Crippen LogP contribution < -0.4 is 10.4 Å². The molecule has 150 valence electrons. The highest BCUT2D eigenvalue weighted by molar-refractivity contribution is 6.27. The molecule has 1 saturated heterocycles. The first-order chi connectivity index (χ1) is 13.6. The van der Waals surface area contributed by atoms with E-state index in [-0.39, 0.29) is 0 Å². The molecule has 1 aliphatic rings. The molecule has 7 nitrogen and oxygen atoms in total. The van der Waals surface area contributed by atoms with Gasteiger partial charge in [-0.3, -0.25) is 5.01 Å². The van der Waals surface area contributed by atoms with Gasteiger partial charge in [-0.25, -0.2) is 15.0 Å². The van der Waals surface area contributed by atoms with Crippen LogP contribution in [0.5, 0.6) is 0 Å². The average molecular weight is 385 g/mol. The zero-order chi connectivity index (χ0) is 20.2. The molecular formula is C21H27N3O4. The molecule has 0 atom stereocenters. The highest BCUT2D eigenvalue weighted by Gasteiger charge is 2.11. The van der Waals surface area contributed by atoms with E-state index in [9.17, 15) is 0 Å². The monoisotopic (exact) mass is 385 g/mol. The number of carboxylic acid groups (broad SMARTS) is 2. The van der Waals surface area contributed by atoms with Crippen LogP contribution in [0.2, 0.25) is 0 Å². The number of anilines is 2. The maximum Gasteiger partial charge on any atom is 0.414 e. The second-order valence-corrected chi connectivity index (χ2v) is 6.43. The van der Waals surface area contributed by atoms with Crippen molar-refractivity contribution in [3.63, 3.8) is 0 Å². The van der Waals surface area contributed by atoms with Gasteiger partial charge in [0.2, 0.25) is 0 Å². The summed E-state index contributed by atoms with van der Waals surface area (Å²) in [7, 11) is 0. The van der Waals surface area contributed by atoms with Crippen molar-refractivity contribution in [1.82, 2.24) is 10.3 Å². The molecule has 7 heteroatoms. The number of aliphatic carboxylic acids is 2. The van der Waals surface area contributed by atoms with Crippen LogP contribution in [0.3, 0.4) is 0 Å². The second kappa shape index (κ2) is 11.7. The molecule has 0 spiro atoms. The van der Waals surface area contributed by atoms with E-state index in [4.69, 9.17) is 19.8 Å². The maximum atomic E-state index is 9.10. The second-order valence-electron chi connectivity index (χ2n) is 6.43. The van der Waals surface area contributed by atoms with E-state index in [0.717, 1.165) is 13.1 Å². The highest BCUT2D eigenvalue weighted by Crippen LogP contribution is 2.22. The highest BCUT2D eigenvalue weighted by atomic mass is 16.4. The van der Waals surface area contributed by atoms with Crippen molar-refractivity contribution >= 4 is 23.3 Å². The molecule has 1 heterocycles. The Hall–Kier alpha value is -2.90. The summed E-state index contributed by atoms with van der Waals surface area (Å²) in [5.74, 6) is -3.65. The Morgan fingerprint density at radius 1 is 0.821 bits per heavy atom. The summed E-state index contributed by atoms with van der Waals surface area (Å²) >= 11 is 0. The van der Waals surface area contributed by atoms with E-state index in [1.165, 1.54) is 43.7 Å². The van der Waals surface area contributed by atoms with Crippen molar-refractivity contribution in [2.45, 2.75) is 19.3 Å². The molecule has 0 saturated carbocycles. The van der Waals surface area contributed by atoms with Crippen LogP contribution in [-0.4, -0.2) is 53.2 Å². The molecular weight excluding hydrogens is 358 g/mol. The van der Waals surface area contributed by atoms with Crippen molar-refractivity contribution < 1.29 is 19.8 Å². The van der Waals surface area contributed by atoms with Gasteiger partial charge in [-0.2, -0.15) is 0 Å². The summed E-state index contributed by atoms with van der Waals surface area (Å²) in [6.45, 7) is 4.57. The van der Waals surface area contributed by atoms with Crippen LogP contribution in [0.1, 0.15) is 19.3 Å². The van der Waals surface area contributed by atoms with Crippen molar-refractivity contribution in [1.29, 1.82) is 0 Å². The molecule has 28 heavy (non-hydrogen) atoms. The Kier molecular flexibility index (Phi) is 8.97. The first kappa shape index (κ1) is 21.4. The molecule has 2 aromatic carbocycles. The number of hydrogen-bond acceptors (Lipinski definition) is 5. The number of rotatable bonds is 6. The Morgan fingerprint density at radius 3 is 1.71 bits per heavy atom. The van der Waals surface area contributed by atoms with Gasteiger partial charge in [-0.1, -0.05) is 42.8 Å². The fourth-order valence-corrected chi connectivity index (χ4v) is 2.99. The van der Waals surface area contributed by atoms with Crippen LogP contribution >= 0.6 is 0 Å². The number of para-hydroxylation sites is 2. The topological polar surface area (TPSA) is 93.1 Å². The minimum absolute atomic E-state index is 0.962. The number of benzene rings is 2. The molecule has 3 rings (SSSR count). The van der Waals surface area contributed by atoms with Crippen LogP contribution in [0.4, 0.5) is 11.4 Å². The van der Waals surface area contributed by atoms with E-state index in [2.05, 4.69) is 76.0 Å². The zero-order valence-electron chi connectivity index (χ0n) is 15.8. The first-order valence-corrected chi connectivity index (χ1v) is 9.40. The SMILES string of the molecule is O=C(O)C(=O)O.c1ccc(N(NCCN2CCCCC2)c2ccccc2)cc1. The number of nitrogens with one attached hydrogen (secondary N) is 1. The van der Waals surface area contributed by atoms with E-state index >= 15 is 0 Å². The Morgan fingerprint density at radius 2 is 1.29 bits per heavy atom. The van der Waals surface area contributed by atoms with Gasteiger partial charge in [0.15, 0.2) is 0 Å². The number of nitrogens with zero attached hydrogens (tertiary/aromatic N) is 2. The smallest absolute Gasteiger partial charge is 0.414 e. The molecule has 1 fully saturated rings. The standard InChI is InChI=1S/C19H25N3.C2H2O4/c1-4-10-18(11-5-1)22(19-12-6-2-7-13-19)20-14-17-21-15-8-3-9-16-21;3-1(4)2(5)6/h1-2,4-7,10-13,20H,3,8-9,14-17H2;(H,3,4)(H,5,6). The van der Waals surface area contributed by atoms with Gasteiger partial charge >= 0.3 is 11.9 Å². The molecule has 0 amide bonds. The molecule has 0 unspecified atom stereocenters. The lowest BCUT2D eigenvalue weighted by Gasteiger charge is -2.30. The van der Waals surface area contributed by atoms with Crippen LogP contribution in [0, 0.1) is 0 Å². The molecule has 0 aromatic heterocycles. The summed E-state index contributed by atoms with van der Waals surface area (Å²) in [5.41, 5.74) is 5.94. The van der Waals surface area contributed by atoms with E-state index < -0.39 is 11.9 Å². The molecule has 1 aliphatic heterocycles. The number of hydrogen-bond donors (Lipinski definition) is 3. The van der Waals surface area contributed by atoms with Gasteiger partial charge in [-0.05, 0) is 50.2 Å². The Balaban J connectivity index is 0.000000409. The molecule has 3 N–H and O–H groups in total. The average Bonchev–Trinajstić information content (AvgIpc) is 2.74. The minimum atomic E-state index is -1.82. The van der Waals surface area contributed by atoms with Crippen molar-refractivity contribution in [3.05, 3.63) is 60.7 Å². The number of likely N-dealkylation sites (tertiary alicyclic amines) is 1. The van der Waals surface area contributed by atoms with Gasteiger partial charge in [-0.15, -0.1) is 0 Å². The van der Waals surface area contributed by atoms with Gasteiger partial charge in [0, 0.05) is 13.1 Å². The summed E-state index contributed by atoms with van der Waals surface area (Å²) in [4.78, 5) is 20.8. The lowest BCUT2D eigenvalue weighted by atomic mass is 10.1. The lowest BCUT2D eigenvalue weighted by Crippen LogP contribution is -2.41.